The molecule has 104 valence electrons. The molecule has 2 aromatic carbocycles. The maximum atomic E-state index is 8.79. The third kappa shape index (κ3) is 3.29. The molecule has 0 bridgehead atoms. The molecule has 3 N–H and O–H groups in total. The maximum Gasteiger partial charge on any atom is 0.170 e. The van der Waals surface area contributed by atoms with Crippen molar-refractivity contribution in [3.63, 3.8) is 0 Å². The number of nitrogens with zero attached hydrogens (tertiary/aromatic N) is 1. The first-order valence-corrected chi connectivity index (χ1v) is 6.52. The van der Waals surface area contributed by atoms with E-state index in [-0.39, 0.29) is 5.84 Å². The van der Waals surface area contributed by atoms with Crippen molar-refractivity contribution in [2.75, 3.05) is 0 Å². The number of ether oxygens (including phenoxy) is 1. The van der Waals surface area contributed by atoms with Gasteiger partial charge in [0.05, 0.1) is 0 Å². The largest absolute Gasteiger partial charge is 0.489 e. The lowest BCUT2D eigenvalue weighted by atomic mass is 10.1. The topological polar surface area (TPSA) is 67.8 Å². The van der Waals surface area contributed by atoms with Gasteiger partial charge in [-0.25, -0.2) is 0 Å². The van der Waals surface area contributed by atoms with Crippen LogP contribution in [0.1, 0.15) is 23.6 Å². The summed E-state index contributed by atoms with van der Waals surface area (Å²) in [7, 11) is 0. The SMILES string of the molecule is CCc1cccc(OCc2ccccc2/C(N)=N/O)c1. The summed E-state index contributed by atoms with van der Waals surface area (Å²) < 4.78 is 5.78. The standard InChI is InChI=1S/C16H18N2O2/c1-2-12-6-5-8-14(10-12)20-11-13-7-3-4-9-15(13)16(17)18-19/h3-10,19H,2,11H2,1H3,(H2,17,18). The second-order valence-corrected chi connectivity index (χ2v) is 4.43. The van der Waals surface area contributed by atoms with Gasteiger partial charge in [-0.3, -0.25) is 0 Å². The molecule has 0 amide bonds. The van der Waals surface area contributed by atoms with Gasteiger partial charge in [0, 0.05) is 11.1 Å². The van der Waals surface area contributed by atoms with Gasteiger partial charge in [-0.15, -0.1) is 0 Å². The zero-order valence-electron chi connectivity index (χ0n) is 11.4. The van der Waals surface area contributed by atoms with E-state index < -0.39 is 0 Å². The van der Waals surface area contributed by atoms with E-state index in [9.17, 15) is 0 Å². The molecule has 0 aliphatic rings. The van der Waals surface area contributed by atoms with E-state index in [2.05, 4.69) is 18.1 Å². The number of aryl methyl sites for hydroxylation is 1. The van der Waals surface area contributed by atoms with Crippen LogP contribution in [0.4, 0.5) is 0 Å². The van der Waals surface area contributed by atoms with Crippen molar-refractivity contribution in [3.05, 3.63) is 65.2 Å². The molecule has 4 heteroatoms. The van der Waals surface area contributed by atoms with E-state index in [1.807, 2.05) is 36.4 Å². The Bertz CT molecular complexity index is 609. The first-order valence-electron chi connectivity index (χ1n) is 6.52. The van der Waals surface area contributed by atoms with Gasteiger partial charge in [-0.1, -0.05) is 48.5 Å². The van der Waals surface area contributed by atoms with Crippen LogP contribution < -0.4 is 10.5 Å². The van der Waals surface area contributed by atoms with E-state index in [0.717, 1.165) is 17.7 Å². The molecule has 0 aliphatic carbocycles. The minimum absolute atomic E-state index is 0.0894. The average Bonchev–Trinajstić information content (AvgIpc) is 2.52. The van der Waals surface area contributed by atoms with Crippen LogP contribution >= 0.6 is 0 Å². The van der Waals surface area contributed by atoms with Crippen LogP contribution in [0.25, 0.3) is 0 Å². The van der Waals surface area contributed by atoms with Crippen LogP contribution in [-0.4, -0.2) is 11.0 Å². The number of nitrogens with two attached hydrogens (primary N) is 1. The number of amidine groups is 1. The molecule has 0 unspecified atom stereocenters. The summed E-state index contributed by atoms with van der Waals surface area (Å²) in [6.45, 7) is 2.48. The zero-order chi connectivity index (χ0) is 14.4. The highest BCUT2D eigenvalue weighted by molar-refractivity contribution is 5.98. The minimum atomic E-state index is 0.0894. The molecule has 2 aromatic rings. The Morgan fingerprint density at radius 1 is 1.20 bits per heavy atom. The van der Waals surface area contributed by atoms with E-state index >= 15 is 0 Å². The fourth-order valence-electron chi connectivity index (χ4n) is 1.97. The fraction of sp³-hybridized carbons (Fsp3) is 0.188. The van der Waals surface area contributed by atoms with Gasteiger partial charge in [0.25, 0.3) is 0 Å². The lowest BCUT2D eigenvalue weighted by Gasteiger charge is -2.10. The fourth-order valence-corrected chi connectivity index (χ4v) is 1.97. The summed E-state index contributed by atoms with van der Waals surface area (Å²) in [6, 6.07) is 15.4. The predicted molar refractivity (Wildman–Crippen MR) is 79.1 cm³/mol. The van der Waals surface area contributed by atoms with Gasteiger partial charge >= 0.3 is 0 Å². The molecule has 2 rings (SSSR count). The maximum absolute atomic E-state index is 8.79. The normalized spacial score (nSPS) is 11.3. The van der Waals surface area contributed by atoms with Crippen LogP contribution in [0.2, 0.25) is 0 Å². The number of hydrogen-bond donors (Lipinski definition) is 2. The molecule has 0 heterocycles. The second kappa shape index (κ2) is 6.61. The van der Waals surface area contributed by atoms with Gasteiger partial charge in [-0.05, 0) is 24.1 Å². The number of oxime groups is 1. The van der Waals surface area contributed by atoms with Crippen LogP contribution in [0, 0.1) is 0 Å². The lowest BCUT2D eigenvalue weighted by molar-refractivity contribution is 0.305. The molecular formula is C16H18N2O2. The lowest BCUT2D eigenvalue weighted by Crippen LogP contribution is -2.16. The Morgan fingerprint density at radius 2 is 2.00 bits per heavy atom. The Morgan fingerprint density at radius 3 is 2.75 bits per heavy atom. The van der Waals surface area contributed by atoms with Crippen molar-refractivity contribution in [2.24, 2.45) is 10.9 Å². The third-order valence-electron chi connectivity index (χ3n) is 3.10. The Hall–Kier alpha value is -2.49. The number of benzene rings is 2. The predicted octanol–water partition coefficient (Wildman–Crippen LogP) is 2.92. The van der Waals surface area contributed by atoms with Crippen molar-refractivity contribution < 1.29 is 9.94 Å². The van der Waals surface area contributed by atoms with E-state index in [1.165, 1.54) is 5.56 Å². The third-order valence-corrected chi connectivity index (χ3v) is 3.10. The summed E-state index contributed by atoms with van der Waals surface area (Å²) in [5.74, 6) is 0.908. The van der Waals surface area contributed by atoms with Crippen molar-refractivity contribution >= 4 is 5.84 Å². The van der Waals surface area contributed by atoms with Crippen molar-refractivity contribution in [1.82, 2.24) is 0 Å². The van der Waals surface area contributed by atoms with Crippen LogP contribution in [-0.2, 0) is 13.0 Å². The Balaban J connectivity index is 2.14. The smallest absolute Gasteiger partial charge is 0.170 e. The Kier molecular flexibility index (Phi) is 4.60. The van der Waals surface area contributed by atoms with Crippen molar-refractivity contribution in [3.8, 4) is 5.75 Å². The summed E-state index contributed by atoms with van der Waals surface area (Å²) in [5.41, 5.74) is 8.44. The summed E-state index contributed by atoms with van der Waals surface area (Å²) in [5, 5.41) is 11.8. The molecule has 0 saturated heterocycles. The van der Waals surface area contributed by atoms with Crippen LogP contribution in [0.15, 0.2) is 53.7 Å². The second-order valence-electron chi connectivity index (χ2n) is 4.43. The van der Waals surface area contributed by atoms with Crippen LogP contribution in [0.5, 0.6) is 5.75 Å². The average molecular weight is 270 g/mol. The number of rotatable bonds is 5. The highest BCUT2D eigenvalue weighted by atomic mass is 16.5. The molecule has 0 radical (unpaired) electrons. The first kappa shape index (κ1) is 13.9. The molecule has 0 atom stereocenters. The first-order chi connectivity index (χ1) is 9.74. The molecule has 0 aliphatic heterocycles. The van der Waals surface area contributed by atoms with Crippen molar-refractivity contribution in [2.45, 2.75) is 20.0 Å². The van der Waals surface area contributed by atoms with E-state index in [4.69, 9.17) is 15.7 Å². The molecule has 4 nitrogen and oxygen atoms in total. The molecule has 20 heavy (non-hydrogen) atoms. The summed E-state index contributed by atoms with van der Waals surface area (Å²) in [4.78, 5) is 0. The molecule has 0 spiro atoms. The molecule has 0 saturated carbocycles. The van der Waals surface area contributed by atoms with Gasteiger partial charge in [0.2, 0.25) is 0 Å². The Labute approximate surface area is 118 Å². The summed E-state index contributed by atoms with van der Waals surface area (Å²) >= 11 is 0. The molecule has 0 aromatic heterocycles. The molecular weight excluding hydrogens is 252 g/mol. The quantitative estimate of drug-likeness (QED) is 0.380. The van der Waals surface area contributed by atoms with E-state index in [0.29, 0.717) is 12.2 Å². The highest BCUT2D eigenvalue weighted by Gasteiger charge is 2.07. The molecule has 0 fully saturated rings. The highest BCUT2D eigenvalue weighted by Crippen LogP contribution is 2.17. The van der Waals surface area contributed by atoms with Gasteiger partial charge < -0.3 is 15.7 Å². The van der Waals surface area contributed by atoms with Gasteiger partial charge in [0.1, 0.15) is 12.4 Å². The number of hydrogen-bond acceptors (Lipinski definition) is 3. The summed E-state index contributed by atoms with van der Waals surface area (Å²) in [6.07, 6.45) is 0.970. The van der Waals surface area contributed by atoms with E-state index in [1.54, 1.807) is 6.07 Å². The van der Waals surface area contributed by atoms with Crippen molar-refractivity contribution in [1.29, 1.82) is 0 Å². The van der Waals surface area contributed by atoms with Crippen LogP contribution in [0.3, 0.4) is 0 Å². The monoisotopic (exact) mass is 270 g/mol. The van der Waals surface area contributed by atoms with Gasteiger partial charge in [0.15, 0.2) is 5.84 Å². The zero-order valence-corrected chi connectivity index (χ0v) is 11.4. The van der Waals surface area contributed by atoms with Gasteiger partial charge in [-0.2, -0.15) is 0 Å². The minimum Gasteiger partial charge on any atom is -0.489 e.